The summed E-state index contributed by atoms with van der Waals surface area (Å²) in [6.45, 7) is 5.15. The monoisotopic (exact) mass is 330 g/mol. The molecule has 0 radical (unpaired) electrons. The summed E-state index contributed by atoms with van der Waals surface area (Å²) in [5.74, 6) is 1.67. The molecule has 2 N–H and O–H groups in total. The van der Waals surface area contributed by atoms with E-state index in [9.17, 15) is 0 Å². The Labute approximate surface area is 142 Å². The van der Waals surface area contributed by atoms with Crippen molar-refractivity contribution in [3.63, 3.8) is 0 Å². The Balaban J connectivity index is 1.78. The van der Waals surface area contributed by atoms with Crippen molar-refractivity contribution in [2.45, 2.75) is 19.9 Å². The second kappa shape index (κ2) is 9.00. The lowest BCUT2D eigenvalue weighted by molar-refractivity contribution is 0.287. The molecule has 4 nitrogen and oxygen atoms in total. The van der Waals surface area contributed by atoms with Gasteiger partial charge in [-0.25, -0.2) is 0 Å². The van der Waals surface area contributed by atoms with Crippen LogP contribution in [0.5, 0.6) is 11.5 Å². The van der Waals surface area contributed by atoms with Crippen molar-refractivity contribution >= 4 is 23.0 Å². The number of hydrogen-bond acceptors (Lipinski definition) is 3. The number of ether oxygens (including phenoxy) is 2. The molecule has 0 bridgehead atoms. The van der Waals surface area contributed by atoms with Crippen molar-refractivity contribution in [2.24, 2.45) is 0 Å². The lowest BCUT2D eigenvalue weighted by Gasteiger charge is -2.18. The van der Waals surface area contributed by atoms with E-state index < -0.39 is 0 Å². The maximum Gasteiger partial charge on any atom is 0.171 e. The van der Waals surface area contributed by atoms with Gasteiger partial charge in [-0.1, -0.05) is 24.3 Å². The maximum absolute atomic E-state index is 5.70. The minimum absolute atomic E-state index is 0.0882. The Bertz CT molecular complexity index is 619. The molecule has 1 atom stereocenters. The summed E-state index contributed by atoms with van der Waals surface area (Å²) in [6.07, 6.45) is 0. The van der Waals surface area contributed by atoms with Crippen molar-refractivity contribution in [1.29, 1.82) is 0 Å². The first kappa shape index (κ1) is 17.1. The van der Waals surface area contributed by atoms with Crippen LogP contribution in [0.3, 0.4) is 0 Å². The van der Waals surface area contributed by atoms with Gasteiger partial charge in [-0.05, 0) is 50.3 Å². The third-order valence-corrected chi connectivity index (χ3v) is 3.24. The summed E-state index contributed by atoms with van der Waals surface area (Å²) in [7, 11) is 0. The average molecular weight is 330 g/mol. The Morgan fingerprint density at radius 1 is 1.04 bits per heavy atom. The molecule has 2 rings (SSSR count). The van der Waals surface area contributed by atoms with E-state index in [4.69, 9.17) is 21.7 Å². The lowest BCUT2D eigenvalue weighted by Crippen LogP contribution is -2.39. The first-order valence-electron chi connectivity index (χ1n) is 7.65. The topological polar surface area (TPSA) is 42.5 Å². The third-order valence-electron chi connectivity index (χ3n) is 3.02. The van der Waals surface area contributed by atoms with E-state index in [1.165, 1.54) is 0 Å². The largest absolute Gasteiger partial charge is 0.494 e. The zero-order chi connectivity index (χ0) is 16.5. The number of benzene rings is 2. The molecule has 1 unspecified atom stereocenters. The summed E-state index contributed by atoms with van der Waals surface area (Å²) in [6, 6.07) is 17.5. The minimum Gasteiger partial charge on any atom is -0.494 e. The number of nitrogens with one attached hydrogen (secondary N) is 2. The summed E-state index contributed by atoms with van der Waals surface area (Å²) in [5.41, 5.74) is 0.893. The van der Waals surface area contributed by atoms with E-state index in [-0.39, 0.29) is 6.04 Å². The number of rotatable bonds is 7. The summed E-state index contributed by atoms with van der Waals surface area (Å²) < 4.78 is 11.2. The molecular weight excluding hydrogens is 308 g/mol. The second-order valence-corrected chi connectivity index (χ2v) is 5.49. The van der Waals surface area contributed by atoms with Gasteiger partial charge in [0, 0.05) is 11.8 Å². The van der Waals surface area contributed by atoms with Gasteiger partial charge in [0.1, 0.15) is 18.1 Å². The van der Waals surface area contributed by atoms with Gasteiger partial charge < -0.3 is 20.1 Å². The van der Waals surface area contributed by atoms with Gasteiger partial charge in [0.05, 0.1) is 12.6 Å². The van der Waals surface area contributed by atoms with Crippen LogP contribution in [0.25, 0.3) is 0 Å². The van der Waals surface area contributed by atoms with Crippen LogP contribution in [0, 0.1) is 0 Å². The van der Waals surface area contributed by atoms with E-state index >= 15 is 0 Å². The fourth-order valence-corrected chi connectivity index (χ4v) is 2.32. The van der Waals surface area contributed by atoms with Gasteiger partial charge in [0.2, 0.25) is 0 Å². The summed E-state index contributed by atoms with van der Waals surface area (Å²) in [5, 5.41) is 6.92. The number of hydrogen-bond donors (Lipinski definition) is 2. The summed E-state index contributed by atoms with van der Waals surface area (Å²) in [4.78, 5) is 0. The smallest absolute Gasteiger partial charge is 0.171 e. The molecule has 0 fully saturated rings. The van der Waals surface area contributed by atoms with Gasteiger partial charge >= 0.3 is 0 Å². The Kier molecular flexibility index (Phi) is 6.69. The highest BCUT2D eigenvalue weighted by Gasteiger charge is 2.06. The molecule has 0 saturated carbocycles. The van der Waals surface area contributed by atoms with Gasteiger partial charge in [0.15, 0.2) is 5.11 Å². The Hall–Kier alpha value is -2.27. The molecule has 0 spiro atoms. The second-order valence-electron chi connectivity index (χ2n) is 5.08. The quantitative estimate of drug-likeness (QED) is 0.755. The average Bonchev–Trinajstić information content (AvgIpc) is 2.54. The van der Waals surface area contributed by atoms with Crippen molar-refractivity contribution in [2.75, 3.05) is 18.5 Å². The Morgan fingerprint density at radius 2 is 1.78 bits per heavy atom. The molecule has 0 aliphatic rings. The van der Waals surface area contributed by atoms with E-state index in [1.54, 1.807) is 0 Å². The highest BCUT2D eigenvalue weighted by atomic mass is 32.1. The molecule has 5 heteroatoms. The van der Waals surface area contributed by atoms with Crippen molar-refractivity contribution in [1.82, 2.24) is 5.32 Å². The zero-order valence-corrected chi connectivity index (χ0v) is 14.2. The van der Waals surface area contributed by atoms with Gasteiger partial charge in [-0.3, -0.25) is 0 Å². The molecule has 2 aromatic carbocycles. The first-order valence-corrected chi connectivity index (χ1v) is 8.06. The van der Waals surface area contributed by atoms with E-state index in [0.717, 1.165) is 17.2 Å². The van der Waals surface area contributed by atoms with Crippen LogP contribution >= 0.6 is 12.2 Å². The van der Waals surface area contributed by atoms with Crippen LogP contribution in [-0.4, -0.2) is 24.4 Å². The van der Waals surface area contributed by atoms with E-state index in [2.05, 4.69) is 10.6 Å². The van der Waals surface area contributed by atoms with E-state index in [0.29, 0.717) is 18.3 Å². The number of para-hydroxylation sites is 1. The van der Waals surface area contributed by atoms with Crippen LogP contribution in [0.4, 0.5) is 5.69 Å². The molecule has 0 heterocycles. The molecular formula is C18H22N2O2S. The van der Waals surface area contributed by atoms with Crippen LogP contribution < -0.4 is 20.1 Å². The zero-order valence-electron chi connectivity index (χ0n) is 13.4. The first-order chi connectivity index (χ1) is 11.2. The van der Waals surface area contributed by atoms with Gasteiger partial charge in [0.25, 0.3) is 0 Å². The number of thiocarbonyl (C=S) groups is 1. The lowest BCUT2D eigenvalue weighted by atomic mass is 10.3. The molecule has 0 aromatic heterocycles. The molecule has 2 aromatic rings. The van der Waals surface area contributed by atoms with Crippen LogP contribution in [0.2, 0.25) is 0 Å². The highest BCUT2D eigenvalue weighted by molar-refractivity contribution is 7.80. The fourth-order valence-electron chi connectivity index (χ4n) is 2.00. The number of anilines is 1. The molecule has 23 heavy (non-hydrogen) atoms. The molecule has 0 saturated heterocycles. The predicted octanol–water partition coefficient (Wildman–Crippen LogP) is 3.84. The predicted molar refractivity (Wildman–Crippen MR) is 98.4 cm³/mol. The van der Waals surface area contributed by atoms with Crippen molar-refractivity contribution in [3.05, 3.63) is 54.6 Å². The normalized spacial score (nSPS) is 11.4. The SMILES string of the molecule is CCOc1cccc(NC(=S)NC(C)COc2ccccc2)c1. The fraction of sp³-hybridized carbons (Fsp3) is 0.278. The third kappa shape index (κ3) is 6.16. The van der Waals surface area contributed by atoms with Crippen LogP contribution in [-0.2, 0) is 0 Å². The van der Waals surface area contributed by atoms with Crippen molar-refractivity contribution in [3.8, 4) is 11.5 Å². The van der Waals surface area contributed by atoms with Gasteiger partial charge in [-0.15, -0.1) is 0 Å². The highest BCUT2D eigenvalue weighted by Crippen LogP contribution is 2.17. The maximum atomic E-state index is 5.70. The molecule has 0 amide bonds. The molecule has 0 aliphatic carbocycles. The summed E-state index contributed by atoms with van der Waals surface area (Å²) >= 11 is 5.33. The van der Waals surface area contributed by atoms with Crippen LogP contribution in [0.15, 0.2) is 54.6 Å². The van der Waals surface area contributed by atoms with Crippen LogP contribution in [0.1, 0.15) is 13.8 Å². The minimum atomic E-state index is 0.0882. The van der Waals surface area contributed by atoms with Gasteiger partial charge in [-0.2, -0.15) is 0 Å². The standard InChI is InChI=1S/C18H22N2O2S/c1-3-21-17-11-7-8-15(12-17)20-18(23)19-14(2)13-22-16-9-5-4-6-10-16/h4-12,14H,3,13H2,1-2H3,(H2,19,20,23). The Morgan fingerprint density at radius 3 is 2.52 bits per heavy atom. The van der Waals surface area contributed by atoms with E-state index in [1.807, 2.05) is 68.4 Å². The molecule has 122 valence electrons. The molecule has 0 aliphatic heterocycles. The van der Waals surface area contributed by atoms with Crippen molar-refractivity contribution < 1.29 is 9.47 Å².